The Bertz CT molecular complexity index is 1240. The maximum Gasteiger partial charge on any atom is 0.213 e. The lowest BCUT2D eigenvalue weighted by atomic mass is 10.0. The predicted molar refractivity (Wildman–Crippen MR) is 124 cm³/mol. The summed E-state index contributed by atoms with van der Waals surface area (Å²) in [7, 11) is 0. The van der Waals surface area contributed by atoms with Crippen LogP contribution < -0.4 is 0 Å². The van der Waals surface area contributed by atoms with E-state index in [1.54, 1.807) is 18.3 Å². The van der Waals surface area contributed by atoms with Gasteiger partial charge in [0.2, 0.25) is 5.78 Å². The maximum atomic E-state index is 13.1. The number of hydrogen-bond acceptors (Lipinski definition) is 4. The molecule has 0 bridgehead atoms. The standard InChI is InChI=1S/C26H22N4O/c1-19-24(20(2)30(29-19)23-16-10-5-11-17-23)18-27-28-25(21-12-6-3-7-13-21)26(31)22-14-8-4-9-15-22/h3-18H,1-2H3/b27-18-,28-25-. The number of carbonyl (C=O) groups excluding carboxylic acids is 1. The minimum atomic E-state index is -0.169. The van der Waals surface area contributed by atoms with E-state index in [0.29, 0.717) is 11.3 Å². The van der Waals surface area contributed by atoms with E-state index < -0.39 is 0 Å². The third-order valence-electron chi connectivity index (χ3n) is 4.99. The van der Waals surface area contributed by atoms with E-state index >= 15 is 0 Å². The van der Waals surface area contributed by atoms with E-state index in [1.165, 1.54) is 0 Å². The van der Waals surface area contributed by atoms with Crippen molar-refractivity contribution in [3.63, 3.8) is 0 Å². The maximum absolute atomic E-state index is 13.1. The number of aryl methyl sites for hydroxylation is 1. The number of Topliss-reactive ketones (excluding diaryl/α,β-unsaturated/α-hetero) is 1. The second-order valence-corrected chi connectivity index (χ2v) is 7.09. The lowest BCUT2D eigenvalue weighted by molar-refractivity contribution is 0.106. The molecular formula is C26H22N4O. The Kier molecular flexibility index (Phi) is 5.94. The van der Waals surface area contributed by atoms with E-state index in [0.717, 1.165) is 28.2 Å². The number of ketones is 1. The molecule has 0 N–H and O–H groups in total. The van der Waals surface area contributed by atoms with Gasteiger partial charge in [0.25, 0.3) is 0 Å². The molecule has 31 heavy (non-hydrogen) atoms. The summed E-state index contributed by atoms with van der Waals surface area (Å²) >= 11 is 0. The van der Waals surface area contributed by atoms with Crippen LogP contribution in [-0.2, 0) is 0 Å². The average Bonchev–Trinajstić information content (AvgIpc) is 3.11. The molecule has 0 radical (unpaired) electrons. The number of para-hydroxylation sites is 1. The van der Waals surface area contributed by atoms with Crippen LogP contribution >= 0.6 is 0 Å². The van der Waals surface area contributed by atoms with Crippen LogP contribution in [0, 0.1) is 13.8 Å². The Morgan fingerprint density at radius 1 is 0.806 bits per heavy atom. The number of rotatable bonds is 6. The van der Waals surface area contributed by atoms with Crippen molar-refractivity contribution in [3.05, 3.63) is 119 Å². The van der Waals surface area contributed by atoms with Crippen molar-refractivity contribution >= 4 is 17.7 Å². The summed E-state index contributed by atoms with van der Waals surface area (Å²) in [5.74, 6) is -0.169. The number of aromatic nitrogens is 2. The smallest absolute Gasteiger partial charge is 0.213 e. The van der Waals surface area contributed by atoms with Crippen LogP contribution in [0.2, 0.25) is 0 Å². The van der Waals surface area contributed by atoms with Crippen LogP contribution in [0.5, 0.6) is 0 Å². The zero-order valence-electron chi connectivity index (χ0n) is 17.4. The highest BCUT2D eigenvalue weighted by Gasteiger charge is 2.16. The second-order valence-electron chi connectivity index (χ2n) is 7.09. The van der Waals surface area contributed by atoms with E-state index in [1.807, 2.05) is 97.4 Å². The fourth-order valence-corrected chi connectivity index (χ4v) is 3.36. The van der Waals surface area contributed by atoms with E-state index in [2.05, 4.69) is 15.3 Å². The van der Waals surface area contributed by atoms with Gasteiger partial charge < -0.3 is 0 Å². The van der Waals surface area contributed by atoms with Gasteiger partial charge in [-0.15, -0.1) is 5.10 Å². The quantitative estimate of drug-likeness (QED) is 0.251. The van der Waals surface area contributed by atoms with Gasteiger partial charge in [0.05, 0.1) is 23.3 Å². The largest absolute Gasteiger partial charge is 0.287 e. The molecule has 5 heteroatoms. The van der Waals surface area contributed by atoms with E-state index in [9.17, 15) is 4.79 Å². The van der Waals surface area contributed by atoms with Crippen molar-refractivity contribution in [2.75, 3.05) is 0 Å². The van der Waals surface area contributed by atoms with Crippen molar-refractivity contribution in [2.24, 2.45) is 10.2 Å². The van der Waals surface area contributed by atoms with Crippen molar-refractivity contribution in [1.82, 2.24) is 9.78 Å². The Hall–Kier alpha value is -4.12. The van der Waals surface area contributed by atoms with Gasteiger partial charge in [-0.1, -0.05) is 78.9 Å². The first-order chi connectivity index (χ1) is 15.1. The SMILES string of the molecule is Cc1nn(-c2ccccc2)c(C)c1/C=N\N=C(/C(=O)c1ccccc1)c1ccccc1. The summed E-state index contributed by atoms with van der Waals surface area (Å²) in [6.07, 6.45) is 1.66. The molecule has 5 nitrogen and oxygen atoms in total. The van der Waals surface area contributed by atoms with Gasteiger partial charge in [0.1, 0.15) is 5.71 Å². The highest BCUT2D eigenvalue weighted by molar-refractivity contribution is 6.51. The fourth-order valence-electron chi connectivity index (χ4n) is 3.36. The zero-order valence-corrected chi connectivity index (χ0v) is 17.4. The normalized spacial score (nSPS) is 11.7. The van der Waals surface area contributed by atoms with Gasteiger partial charge in [-0.05, 0) is 26.0 Å². The van der Waals surface area contributed by atoms with Crippen LogP contribution in [0.25, 0.3) is 5.69 Å². The van der Waals surface area contributed by atoms with Crippen LogP contribution in [-0.4, -0.2) is 27.5 Å². The highest BCUT2D eigenvalue weighted by Crippen LogP contribution is 2.16. The van der Waals surface area contributed by atoms with Gasteiger partial charge in [-0.25, -0.2) is 4.68 Å². The lowest BCUT2D eigenvalue weighted by Crippen LogP contribution is -2.15. The first-order valence-electron chi connectivity index (χ1n) is 10.0. The first kappa shape index (κ1) is 20.2. The molecule has 152 valence electrons. The molecule has 4 rings (SSSR count). The second kappa shape index (κ2) is 9.13. The Morgan fingerprint density at radius 3 is 1.97 bits per heavy atom. The molecule has 0 saturated carbocycles. The molecular weight excluding hydrogens is 384 g/mol. The zero-order chi connectivity index (χ0) is 21.6. The number of hydrogen-bond donors (Lipinski definition) is 0. The molecule has 0 aliphatic rings. The Balaban J connectivity index is 1.70. The molecule has 0 fully saturated rings. The average molecular weight is 406 g/mol. The van der Waals surface area contributed by atoms with Crippen molar-refractivity contribution in [3.8, 4) is 5.69 Å². The van der Waals surface area contributed by atoms with Gasteiger partial charge in [0.15, 0.2) is 0 Å². The Morgan fingerprint density at radius 2 is 1.35 bits per heavy atom. The van der Waals surface area contributed by atoms with E-state index in [4.69, 9.17) is 0 Å². The number of carbonyl (C=O) groups is 1. The minimum absolute atomic E-state index is 0.169. The minimum Gasteiger partial charge on any atom is -0.287 e. The van der Waals surface area contributed by atoms with Crippen LogP contribution in [0.4, 0.5) is 0 Å². The monoisotopic (exact) mass is 406 g/mol. The summed E-state index contributed by atoms with van der Waals surface area (Å²) in [6.45, 7) is 3.93. The summed E-state index contributed by atoms with van der Waals surface area (Å²) < 4.78 is 1.88. The molecule has 4 aromatic rings. The molecule has 0 atom stereocenters. The summed E-state index contributed by atoms with van der Waals surface area (Å²) in [6, 6.07) is 28.4. The fraction of sp³-hybridized carbons (Fsp3) is 0.0769. The molecule has 0 saturated heterocycles. The molecule has 0 aliphatic heterocycles. The highest BCUT2D eigenvalue weighted by atomic mass is 16.1. The molecule has 0 amide bonds. The van der Waals surface area contributed by atoms with Gasteiger partial charge in [-0.3, -0.25) is 4.79 Å². The topological polar surface area (TPSA) is 59.6 Å². The van der Waals surface area contributed by atoms with Crippen LogP contribution in [0.1, 0.15) is 32.9 Å². The Labute approximate surface area is 181 Å². The molecule has 0 aliphatic carbocycles. The lowest BCUT2D eigenvalue weighted by Gasteiger charge is -2.04. The van der Waals surface area contributed by atoms with Crippen LogP contribution in [0.3, 0.4) is 0 Å². The van der Waals surface area contributed by atoms with Crippen molar-refractivity contribution in [2.45, 2.75) is 13.8 Å². The van der Waals surface area contributed by atoms with Crippen LogP contribution in [0.15, 0.2) is 101 Å². The number of nitrogens with zero attached hydrogens (tertiary/aromatic N) is 4. The van der Waals surface area contributed by atoms with Crippen molar-refractivity contribution in [1.29, 1.82) is 0 Å². The molecule has 0 spiro atoms. The third-order valence-corrected chi connectivity index (χ3v) is 4.99. The van der Waals surface area contributed by atoms with Crippen molar-refractivity contribution < 1.29 is 4.79 Å². The molecule has 3 aromatic carbocycles. The number of benzene rings is 3. The van der Waals surface area contributed by atoms with E-state index in [-0.39, 0.29) is 5.78 Å². The van der Waals surface area contributed by atoms with Gasteiger partial charge in [0, 0.05) is 16.7 Å². The molecule has 1 aromatic heterocycles. The molecule has 1 heterocycles. The summed E-state index contributed by atoms with van der Waals surface area (Å²) in [5, 5.41) is 13.2. The summed E-state index contributed by atoms with van der Waals surface area (Å²) in [5.41, 5.74) is 5.26. The summed E-state index contributed by atoms with van der Waals surface area (Å²) in [4.78, 5) is 13.1. The first-order valence-corrected chi connectivity index (χ1v) is 10.0. The van der Waals surface area contributed by atoms with Gasteiger partial charge in [-0.2, -0.15) is 10.2 Å². The van der Waals surface area contributed by atoms with Gasteiger partial charge >= 0.3 is 0 Å². The molecule has 0 unspecified atom stereocenters. The third kappa shape index (κ3) is 4.41. The predicted octanol–water partition coefficient (Wildman–Crippen LogP) is 5.20.